The Morgan fingerprint density at radius 1 is 1.06 bits per heavy atom. The fourth-order valence-corrected chi connectivity index (χ4v) is 6.24. The van der Waals surface area contributed by atoms with E-state index in [1.165, 1.54) is 15.8 Å². The molecule has 8 heteroatoms. The van der Waals surface area contributed by atoms with E-state index in [1.54, 1.807) is 30.3 Å². The maximum Gasteiger partial charge on any atom is 0.279 e. The number of halogens is 1. The van der Waals surface area contributed by atoms with Crippen molar-refractivity contribution < 1.29 is 8.42 Å². The monoisotopic (exact) mass is 467 g/mol. The number of benzene rings is 2. The number of rotatable bonds is 4. The van der Waals surface area contributed by atoms with Gasteiger partial charge in [0, 0.05) is 17.4 Å². The summed E-state index contributed by atoms with van der Waals surface area (Å²) in [5.74, 6) is 0. The quantitative estimate of drug-likeness (QED) is 0.356. The summed E-state index contributed by atoms with van der Waals surface area (Å²) in [7, 11) is -3.87. The van der Waals surface area contributed by atoms with E-state index in [4.69, 9.17) is 11.6 Å². The molecule has 4 aromatic rings. The van der Waals surface area contributed by atoms with E-state index in [9.17, 15) is 8.42 Å². The predicted octanol–water partition coefficient (Wildman–Crippen LogP) is 5.80. The molecule has 0 saturated carbocycles. The molecule has 1 atom stereocenters. The number of hydrogen-bond donors (Lipinski definition) is 0. The average molecular weight is 468 g/mol. The molecule has 0 radical (unpaired) electrons. The van der Waals surface area contributed by atoms with Crippen molar-refractivity contribution in [3.05, 3.63) is 93.3 Å². The minimum absolute atomic E-state index is 0.192. The molecule has 3 heterocycles. The highest BCUT2D eigenvalue weighted by Crippen LogP contribution is 2.41. The zero-order chi connectivity index (χ0) is 21.6. The Labute approximate surface area is 189 Å². The number of aryl methyl sites for hydroxylation is 1. The van der Waals surface area contributed by atoms with E-state index in [-0.39, 0.29) is 4.90 Å². The van der Waals surface area contributed by atoms with Crippen molar-refractivity contribution in [2.45, 2.75) is 24.3 Å². The number of para-hydroxylation sites is 1. The van der Waals surface area contributed by atoms with Gasteiger partial charge in [-0.1, -0.05) is 54.1 Å². The lowest BCUT2D eigenvalue weighted by Gasteiger charge is -2.24. The summed E-state index contributed by atoms with van der Waals surface area (Å²) in [5, 5.41) is 7.73. The van der Waals surface area contributed by atoms with Crippen molar-refractivity contribution in [1.29, 1.82) is 0 Å². The van der Waals surface area contributed by atoms with Gasteiger partial charge in [-0.25, -0.2) is 4.98 Å². The molecule has 31 heavy (non-hydrogen) atoms. The lowest BCUT2D eigenvalue weighted by atomic mass is 10.0. The Balaban J connectivity index is 1.67. The largest absolute Gasteiger partial charge is 0.279 e. The second-order valence-electron chi connectivity index (χ2n) is 7.35. The van der Waals surface area contributed by atoms with E-state index < -0.39 is 16.1 Å². The minimum Gasteiger partial charge on any atom is -0.235 e. The Morgan fingerprint density at radius 3 is 2.61 bits per heavy atom. The van der Waals surface area contributed by atoms with E-state index in [0.29, 0.717) is 17.1 Å². The summed E-state index contributed by atoms with van der Waals surface area (Å²) < 4.78 is 28.2. The predicted molar refractivity (Wildman–Crippen MR) is 125 cm³/mol. The Kier molecular flexibility index (Phi) is 5.04. The van der Waals surface area contributed by atoms with Crippen LogP contribution in [0.15, 0.2) is 82.1 Å². The highest BCUT2D eigenvalue weighted by molar-refractivity contribution is 7.89. The van der Waals surface area contributed by atoms with E-state index >= 15 is 0 Å². The summed E-state index contributed by atoms with van der Waals surface area (Å²) in [4.78, 5) is 5.73. The van der Waals surface area contributed by atoms with Crippen LogP contribution in [0.2, 0.25) is 5.15 Å². The van der Waals surface area contributed by atoms with Gasteiger partial charge in [-0.3, -0.25) is 0 Å². The van der Waals surface area contributed by atoms with Gasteiger partial charge in [-0.05, 0) is 42.1 Å². The average Bonchev–Trinajstić information content (AvgIpc) is 3.45. The summed E-state index contributed by atoms with van der Waals surface area (Å²) in [5.41, 5.74) is 3.20. The molecule has 0 fully saturated rings. The molecule has 0 bridgehead atoms. The molecule has 156 valence electrons. The van der Waals surface area contributed by atoms with Gasteiger partial charge in [-0.2, -0.15) is 17.9 Å². The van der Waals surface area contributed by atoms with Crippen molar-refractivity contribution in [2.75, 3.05) is 0 Å². The Morgan fingerprint density at radius 2 is 1.87 bits per heavy atom. The third-order valence-corrected chi connectivity index (χ3v) is 8.27. The molecule has 0 spiro atoms. The van der Waals surface area contributed by atoms with Crippen molar-refractivity contribution in [1.82, 2.24) is 9.40 Å². The third kappa shape index (κ3) is 3.52. The zero-order valence-electron chi connectivity index (χ0n) is 16.6. The Hall–Kier alpha value is -2.74. The first-order valence-electron chi connectivity index (χ1n) is 9.72. The summed E-state index contributed by atoms with van der Waals surface area (Å²) in [6.45, 7) is 1.98. The lowest BCUT2D eigenvalue weighted by Crippen LogP contribution is -2.27. The van der Waals surface area contributed by atoms with E-state index in [0.717, 1.165) is 27.1 Å². The molecule has 5 rings (SSSR count). The molecule has 0 unspecified atom stereocenters. The second-order valence-corrected chi connectivity index (χ2v) is 10.5. The SMILES string of the molecule is Cc1cccc2cc([C@@H]3CC(c4cccs4)=NN3S(=O)(=O)c3ccccc3)c(Cl)nc12. The molecular formula is C23H18ClN3O2S2. The number of fused-ring (bicyclic) bond motifs is 1. The first kappa shape index (κ1) is 20.2. The van der Waals surface area contributed by atoms with Gasteiger partial charge in [0.1, 0.15) is 5.15 Å². The standard InChI is InChI=1S/C23H18ClN3O2S2/c1-15-7-5-8-16-13-18(23(24)25-22(15)16)20-14-19(21-11-6-12-30-21)26-27(20)31(28,29)17-9-3-2-4-10-17/h2-13,20H,14H2,1H3/t20-/m0/s1. The number of hydrogen-bond acceptors (Lipinski definition) is 5. The second kappa shape index (κ2) is 7.75. The lowest BCUT2D eigenvalue weighted by molar-refractivity contribution is 0.371. The summed E-state index contributed by atoms with van der Waals surface area (Å²) in [6.07, 6.45) is 0.422. The van der Waals surface area contributed by atoms with Crippen LogP contribution in [0, 0.1) is 6.92 Å². The van der Waals surface area contributed by atoms with Crippen LogP contribution in [0.5, 0.6) is 0 Å². The van der Waals surface area contributed by atoms with Crippen LogP contribution in [-0.4, -0.2) is 23.5 Å². The number of aromatic nitrogens is 1. The van der Waals surface area contributed by atoms with Crippen LogP contribution >= 0.6 is 22.9 Å². The molecule has 5 nitrogen and oxygen atoms in total. The first-order valence-corrected chi connectivity index (χ1v) is 12.4. The first-order chi connectivity index (χ1) is 14.9. The molecule has 0 amide bonds. The van der Waals surface area contributed by atoms with Crippen LogP contribution in [-0.2, 0) is 10.0 Å². The highest BCUT2D eigenvalue weighted by atomic mass is 35.5. The van der Waals surface area contributed by atoms with Gasteiger partial charge in [0.25, 0.3) is 10.0 Å². The smallest absolute Gasteiger partial charge is 0.235 e. The van der Waals surface area contributed by atoms with Crippen LogP contribution in [0.1, 0.15) is 28.5 Å². The number of thiophene rings is 1. The van der Waals surface area contributed by atoms with E-state index in [1.807, 2.05) is 48.7 Å². The molecular weight excluding hydrogens is 450 g/mol. The van der Waals surface area contributed by atoms with Gasteiger partial charge >= 0.3 is 0 Å². The molecule has 0 saturated heterocycles. The molecule has 1 aliphatic heterocycles. The fourth-order valence-electron chi connectivity index (χ4n) is 3.81. The van der Waals surface area contributed by atoms with Gasteiger partial charge in [0.15, 0.2) is 0 Å². The number of pyridine rings is 1. The summed E-state index contributed by atoms with van der Waals surface area (Å²) >= 11 is 8.14. The van der Waals surface area contributed by atoms with Gasteiger partial charge < -0.3 is 0 Å². The van der Waals surface area contributed by atoms with Crippen molar-refractivity contribution >= 4 is 49.6 Å². The maximum absolute atomic E-state index is 13.5. The molecule has 2 aromatic heterocycles. The van der Waals surface area contributed by atoms with Crippen molar-refractivity contribution in [3.63, 3.8) is 0 Å². The van der Waals surface area contributed by atoms with Gasteiger partial charge in [0.05, 0.1) is 27.0 Å². The van der Waals surface area contributed by atoms with Gasteiger partial charge in [-0.15, -0.1) is 11.3 Å². The molecule has 0 aliphatic carbocycles. The maximum atomic E-state index is 13.5. The van der Waals surface area contributed by atoms with Crippen LogP contribution in [0.25, 0.3) is 10.9 Å². The van der Waals surface area contributed by atoms with Crippen molar-refractivity contribution in [2.24, 2.45) is 5.10 Å². The molecule has 1 aliphatic rings. The van der Waals surface area contributed by atoms with E-state index in [2.05, 4.69) is 10.1 Å². The van der Waals surface area contributed by atoms with Crippen LogP contribution < -0.4 is 0 Å². The van der Waals surface area contributed by atoms with Crippen LogP contribution in [0.4, 0.5) is 0 Å². The van der Waals surface area contributed by atoms with Gasteiger partial charge in [0.2, 0.25) is 0 Å². The third-order valence-electron chi connectivity index (χ3n) is 5.35. The topological polar surface area (TPSA) is 62.6 Å². The highest BCUT2D eigenvalue weighted by Gasteiger charge is 2.39. The zero-order valence-corrected chi connectivity index (χ0v) is 19.0. The Bertz CT molecular complexity index is 1400. The summed E-state index contributed by atoms with van der Waals surface area (Å²) in [6, 6.07) is 19.5. The van der Waals surface area contributed by atoms with Crippen molar-refractivity contribution in [3.8, 4) is 0 Å². The molecule has 2 aromatic carbocycles. The number of hydrazone groups is 1. The fraction of sp³-hybridized carbons (Fsp3) is 0.130. The number of sulfonamides is 1. The minimum atomic E-state index is -3.87. The normalized spacial score (nSPS) is 16.6. The van der Waals surface area contributed by atoms with Crippen LogP contribution in [0.3, 0.4) is 0 Å². The molecule has 0 N–H and O–H groups in total. The number of nitrogens with zero attached hydrogens (tertiary/aromatic N) is 3.